The first-order valence-corrected chi connectivity index (χ1v) is 13.7. The van der Waals surface area contributed by atoms with Gasteiger partial charge in [0.25, 0.3) is 0 Å². The first kappa shape index (κ1) is 38.6. The van der Waals surface area contributed by atoms with Crippen molar-refractivity contribution in [3.63, 3.8) is 0 Å². The van der Waals surface area contributed by atoms with Gasteiger partial charge in [-0.3, -0.25) is 15.0 Å². The minimum absolute atomic E-state index is 0. The lowest BCUT2D eigenvalue weighted by molar-refractivity contribution is -0.137. The highest BCUT2D eigenvalue weighted by molar-refractivity contribution is 5.92. The summed E-state index contributed by atoms with van der Waals surface area (Å²) in [6.07, 6.45) is -9.22. The summed E-state index contributed by atoms with van der Waals surface area (Å²) < 4.78 is 114. The average Bonchev–Trinajstić information content (AvgIpc) is 2.98. The Morgan fingerprint density at radius 1 is 0.408 bits per heavy atom. The summed E-state index contributed by atoms with van der Waals surface area (Å²) in [6, 6.07) is 10.1. The van der Waals surface area contributed by atoms with Gasteiger partial charge in [0.1, 0.15) is 33.8 Å². The van der Waals surface area contributed by atoms with Gasteiger partial charge in [-0.05, 0) is 92.1 Å². The van der Waals surface area contributed by atoms with Crippen LogP contribution >= 0.6 is 0 Å². The second-order valence-corrected chi connectivity index (χ2v) is 10.4. The molecule has 0 aliphatic carbocycles. The molecule has 0 aliphatic rings. The van der Waals surface area contributed by atoms with Gasteiger partial charge in [0, 0.05) is 52.1 Å². The average molecular weight is 709 g/mol. The van der Waals surface area contributed by atoms with Crippen molar-refractivity contribution >= 4 is 50.1 Å². The minimum Gasteiger partial charge on any atom is -0.506 e. The number of alkyl halides is 9. The molecule has 0 fully saturated rings. The molecule has 0 saturated carbocycles. The number of phenols is 3. The van der Waals surface area contributed by atoms with E-state index in [4.69, 9.17) is 0 Å². The Morgan fingerprint density at radius 3 is 0.837 bits per heavy atom. The Balaban J connectivity index is 0.000000197. The number of hydrogen-bond donors (Lipinski definition) is 3. The van der Waals surface area contributed by atoms with Gasteiger partial charge in [-0.15, -0.1) is 0 Å². The largest absolute Gasteiger partial charge is 0.506 e. The number of aromatic nitrogens is 3. The van der Waals surface area contributed by atoms with Crippen molar-refractivity contribution in [2.75, 3.05) is 0 Å². The normalized spacial score (nSPS) is 11.8. The van der Waals surface area contributed by atoms with Gasteiger partial charge in [0.2, 0.25) is 0 Å². The Hall–Kier alpha value is -4.81. The molecule has 49 heavy (non-hydrogen) atoms. The molecule has 6 nitrogen and oxygen atoms in total. The van der Waals surface area contributed by atoms with Crippen molar-refractivity contribution in [2.45, 2.75) is 39.3 Å². The Bertz CT molecular complexity index is 1890. The van der Waals surface area contributed by atoms with E-state index >= 15 is 0 Å². The van der Waals surface area contributed by atoms with Gasteiger partial charge in [0.05, 0.1) is 16.7 Å². The molecular weight excluding hydrogens is 684 g/mol. The lowest BCUT2D eigenvalue weighted by atomic mass is 10.0. The molecule has 0 spiro atoms. The molecule has 0 amide bonds. The molecule has 0 atom stereocenters. The molecule has 3 aromatic carbocycles. The summed E-state index contributed by atoms with van der Waals surface area (Å²) in [4.78, 5) is 11.3. The van der Waals surface area contributed by atoms with Crippen molar-refractivity contribution in [3.8, 4) is 17.2 Å². The maximum Gasteiger partial charge on any atom is 0.417 e. The van der Waals surface area contributed by atoms with Gasteiger partial charge in [-0.25, -0.2) is 0 Å². The molecule has 0 aliphatic heterocycles. The van der Waals surface area contributed by atoms with E-state index in [9.17, 15) is 54.8 Å². The number of halogens is 9. The summed E-state index contributed by atoms with van der Waals surface area (Å²) in [5.74, 6) is -0.731. The summed E-state index contributed by atoms with van der Waals surface area (Å²) >= 11 is 0. The molecular formula is C33H24AlF9N3O3. The van der Waals surface area contributed by atoms with Crippen molar-refractivity contribution in [1.29, 1.82) is 0 Å². The van der Waals surface area contributed by atoms with Gasteiger partial charge < -0.3 is 15.3 Å². The van der Waals surface area contributed by atoms with Gasteiger partial charge in [0.15, 0.2) is 0 Å². The van der Waals surface area contributed by atoms with Crippen LogP contribution in [0, 0.1) is 20.8 Å². The van der Waals surface area contributed by atoms with Gasteiger partial charge in [-0.1, -0.05) is 0 Å². The first-order valence-electron chi connectivity index (χ1n) is 13.7. The Morgan fingerprint density at radius 2 is 0.633 bits per heavy atom. The van der Waals surface area contributed by atoms with Gasteiger partial charge >= 0.3 is 18.5 Å². The van der Waals surface area contributed by atoms with Crippen molar-refractivity contribution < 1.29 is 54.8 Å². The zero-order valence-electron chi connectivity index (χ0n) is 25.6. The molecule has 3 aromatic heterocycles. The number of fused-ring (bicyclic) bond motifs is 3. The second-order valence-electron chi connectivity index (χ2n) is 10.4. The number of hydrogen-bond acceptors (Lipinski definition) is 6. The molecule has 16 heteroatoms. The standard InChI is InChI=1S/3C11H8F3NO.Al/c3*1-6-4-5-15-10-8(16)3-2-7(9(6)10)11(12,13)14;/h3*2-5,16H,1H3;. The summed E-state index contributed by atoms with van der Waals surface area (Å²) in [7, 11) is 0. The number of phenolic OH excluding ortho intramolecular Hbond substituents is 3. The minimum atomic E-state index is -4.44. The van der Waals surface area contributed by atoms with E-state index < -0.39 is 35.2 Å². The maximum absolute atomic E-state index is 12.7. The van der Waals surface area contributed by atoms with E-state index in [1.54, 1.807) is 20.8 Å². The van der Waals surface area contributed by atoms with Crippen LogP contribution in [0.25, 0.3) is 32.7 Å². The fourth-order valence-corrected chi connectivity index (χ4v) is 4.96. The van der Waals surface area contributed by atoms with E-state index in [2.05, 4.69) is 15.0 Å². The molecule has 255 valence electrons. The third-order valence-electron chi connectivity index (χ3n) is 7.15. The molecule has 0 bridgehead atoms. The summed E-state index contributed by atoms with van der Waals surface area (Å²) in [6.45, 7) is 4.66. The maximum atomic E-state index is 12.7. The Labute approximate surface area is 282 Å². The third kappa shape index (κ3) is 8.26. The van der Waals surface area contributed by atoms with Crippen LogP contribution in [0.1, 0.15) is 33.4 Å². The Kier molecular flexibility index (Phi) is 11.3. The van der Waals surface area contributed by atoms with E-state index in [1.165, 1.54) is 36.8 Å². The monoisotopic (exact) mass is 708 g/mol. The number of rotatable bonds is 0. The zero-order chi connectivity index (χ0) is 35.8. The van der Waals surface area contributed by atoms with E-state index in [0.717, 1.165) is 36.4 Å². The smallest absolute Gasteiger partial charge is 0.417 e. The van der Waals surface area contributed by atoms with Crippen LogP contribution in [0.2, 0.25) is 0 Å². The molecule has 6 rings (SSSR count). The zero-order valence-corrected chi connectivity index (χ0v) is 26.7. The van der Waals surface area contributed by atoms with Crippen LogP contribution in [-0.2, 0) is 18.5 Å². The van der Waals surface area contributed by atoms with E-state index in [1.807, 2.05) is 0 Å². The molecule has 3 radical (unpaired) electrons. The predicted octanol–water partition coefficient (Wildman–Crippen LogP) is 9.42. The van der Waals surface area contributed by atoms with Crippen molar-refractivity contribution in [2.24, 2.45) is 0 Å². The van der Waals surface area contributed by atoms with Crippen LogP contribution in [0.15, 0.2) is 73.2 Å². The fourth-order valence-electron chi connectivity index (χ4n) is 4.96. The first-order chi connectivity index (χ1) is 22.2. The van der Waals surface area contributed by atoms with Crippen LogP contribution in [0.3, 0.4) is 0 Å². The second kappa shape index (κ2) is 14.4. The van der Waals surface area contributed by atoms with Crippen molar-refractivity contribution in [1.82, 2.24) is 15.0 Å². The van der Waals surface area contributed by atoms with Crippen LogP contribution in [-0.4, -0.2) is 47.6 Å². The highest BCUT2D eigenvalue weighted by atomic mass is 27.0. The fraction of sp³-hybridized carbons (Fsp3) is 0.182. The van der Waals surface area contributed by atoms with Crippen molar-refractivity contribution in [3.05, 3.63) is 107 Å². The topological polar surface area (TPSA) is 99.4 Å². The summed E-state index contributed by atoms with van der Waals surface area (Å²) in [5, 5.41) is 28.2. The van der Waals surface area contributed by atoms with E-state index in [-0.39, 0.29) is 67.3 Å². The molecule has 3 N–H and O–H groups in total. The van der Waals surface area contributed by atoms with E-state index in [0.29, 0.717) is 16.7 Å². The lowest BCUT2D eigenvalue weighted by Gasteiger charge is -2.12. The highest BCUT2D eigenvalue weighted by Gasteiger charge is 2.35. The predicted molar refractivity (Wildman–Crippen MR) is 165 cm³/mol. The molecule has 0 unspecified atom stereocenters. The van der Waals surface area contributed by atoms with Gasteiger partial charge in [-0.2, -0.15) is 39.5 Å². The SMILES string of the molecule is Cc1ccnc2c(O)ccc(C(F)(F)F)c12.Cc1ccnc2c(O)ccc(C(F)(F)F)c12.Cc1ccnc2c(O)ccc(C(F)(F)F)c12.[Al]. The molecule has 3 heterocycles. The molecule has 0 saturated heterocycles. The van der Waals surface area contributed by atoms with Crippen LogP contribution in [0.5, 0.6) is 17.2 Å². The highest BCUT2D eigenvalue weighted by Crippen LogP contribution is 2.40. The number of aryl methyl sites for hydroxylation is 3. The number of benzene rings is 3. The number of aromatic hydroxyl groups is 3. The van der Waals surface area contributed by atoms with Crippen LogP contribution in [0.4, 0.5) is 39.5 Å². The number of pyridine rings is 3. The molecule has 6 aromatic rings. The van der Waals surface area contributed by atoms with Crippen LogP contribution < -0.4 is 0 Å². The third-order valence-corrected chi connectivity index (χ3v) is 7.15. The number of nitrogens with zero attached hydrogens (tertiary/aromatic N) is 3. The quantitative estimate of drug-likeness (QED) is 0.107. The summed E-state index contributed by atoms with van der Waals surface area (Å²) in [5.41, 5.74) is -1.06. The lowest BCUT2D eigenvalue weighted by Crippen LogP contribution is -2.06.